The van der Waals surface area contributed by atoms with Crippen molar-refractivity contribution >= 4 is 17.0 Å². The number of carbonyl (C=O) groups excluding carboxylic acids is 1. The third kappa shape index (κ3) is 4.75. The van der Waals surface area contributed by atoms with Crippen molar-refractivity contribution in [1.82, 2.24) is 0 Å². The van der Waals surface area contributed by atoms with Crippen molar-refractivity contribution in [2.75, 3.05) is 0 Å². The van der Waals surface area contributed by atoms with Gasteiger partial charge in [-0.2, -0.15) is 0 Å². The van der Waals surface area contributed by atoms with Gasteiger partial charge in [-0.25, -0.2) is 0 Å². The van der Waals surface area contributed by atoms with E-state index in [0.717, 1.165) is 12.1 Å². The van der Waals surface area contributed by atoms with Gasteiger partial charge < -0.3 is 18.9 Å². The minimum Gasteiger partial charge on any atom is -0.766 e. The molecule has 0 aliphatic carbocycles. The average molecular weight is 220 g/mol. The van der Waals surface area contributed by atoms with Crippen LogP contribution in [-0.2, 0) is 11.1 Å². The molecule has 0 saturated heterocycles. The van der Waals surface area contributed by atoms with Crippen LogP contribution in [-0.4, -0.2) is 14.7 Å². The predicted octanol–water partition coefficient (Wildman–Crippen LogP) is -7.11. The third-order valence-electron chi connectivity index (χ3n) is 0.947. The van der Waals surface area contributed by atoms with Crippen LogP contribution in [0.25, 0.3) is 0 Å². The zero-order valence-corrected chi connectivity index (χ0v) is 11.9. The van der Waals surface area contributed by atoms with Gasteiger partial charge in [-0.15, -0.1) is 0 Å². The first kappa shape index (κ1) is 16.3. The van der Waals surface area contributed by atoms with E-state index < -0.39 is 27.9 Å². The molecule has 0 radical (unpaired) electrons. The van der Waals surface area contributed by atoms with Gasteiger partial charge in [0.05, 0.1) is 0 Å². The molecule has 0 N–H and O–H groups in total. The molecule has 60 valence electrons. The molecule has 0 fully saturated rings. The van der Waals surface area contributed by atoms with Gasteiger partial charge in [-0.1, -0.05) is 0 Å². The van der Waals surface area contributed by atoms with E-state index in [1.165, 1.54) is 0 Å². The maximum Gasteiger partial charge on any atom is 1.00 e. The maximum atomic E-state index is 10.1. The minimum absolute atomic E-state index is 0. The zero-order chi connectivity index (χ0) is 8.43. The maximum absolute atomic E-state index is 10.1. The molecule has 0 saturated carbocycles. The SMILES string of the molecule is O=C([O-])c1ccc(S(=O)[O-])o1.[Na+].[Na+]. The van der Waals surface area contributed by atoms with Gasteiger partial charge in [0, 0.05) is 11.1 Å². The Balaban J connectivity index is 0. The smallest absolute Gasteiger partial charge is 0.766 e. The molecule has 1 atom stereocenters. The zero-order valence-electron chi connectivity index (χ0n) is 7.10. The standard InChI is InChI=1S/C5H4O5S.2Na/c6-5(7)3-1-2-4(10-3)11(8)9;;/h1-2H,(H,6,7)(H,8,9);;/q;2*+1/p-2. The fourth-order valence-electron chi connectivity index (χ4n) is 0.519. The molecule has 1 unspecified atom stereocenters. The molecular formula is C5H2Na2O5S. The van der Waals surface area contributed by atoms with Crippen molar-refractivity contribution in [2.45, 2.75) is 5.09 Å². The Labute approximate surface area is 121 Å². The molecule has 0 bridgehead atoms. The van der Waals surface area contributed by atoms with Gasteiger partial charge in [0.15, 0.2) is 10.9 Å². The van der Waals surface area contributed by atoms with Crippen LogP contribution >= 0.6 is 0 Å². The molecule has 1 rings (SSSR count). The number of rotatable bonds is 2. The largest absolute Gasteiger partial charge is 1.00 e. The van der Waals surface area contributed by atoms with Crippen molar-refractivity contribution in [3.8, 4) is 0 Å². The van der Waals surface area contributed by atoms with Crippen LogP contribution in [0.4, 0.5) is 0 Å². The second kappa shape index (κ2) is 7.19. The van der Waals surface area contributed by atoms with Gasteiger partial charge in [0.1, 0.15) is 5.97 Å². The van der Waals surface area contributed by atoms with Crippen molar-refractivity contribution in [2.24, 2.45) is 0 Å². The summed E-state index contributed by atoms with van der Waals surface area (Å²) >= 11 is -2.53. The van der Waals surface area contributed by atoms with Gasteiger partial charge in [-0.3, -0.25) is 4.21 Å². The molecular weight excluding hydrogens is 218 g/mol. The number of aromatic carboxylic acids is 1. The van der Waals surface area contributed by atoms with Crippen LogP contribution in [0, 0.1) is 0 Å². The summed E-state index contributed by atoms with van der Waals surface area (Å²) in [6.45, 7) is 0. The Morgan fingerprint density at radius 1 is 1.38 bits per heavy atom. The summed E-state index contributed by atoms with van der Waals surface area (Å²) in [6.07, 6.45) is 0. The van der Waals surface area contributed by atoms with Crippen LogP contribution in [0.1, 0.15) is 10.6 Å². The number of carboxylic acid groups (broad SMARTS) is 1. The summed E-state index contributed by atoms with van der Waals surface area (Å²) in [5.41, 5.74) is 0. The summed E-state index contributed by atoms with van der Waals surface area (Å²) < 4.78 is 24.6. The summed E-state index contributed by atoms with van der Waals surface area (Å²) in [5.74, 6) is -2.04. The van der Waals surface area contributed by atoms with E-state index in [9.17, 15) is 18.7 Å². The number of carbonyl (C=O) groups is 1. The molecule has 0 aromatic carbocycles. The first-order valence-corrected chi connectivity index (χ1v) is 3.59. The molecule has 1 aromatic heterocycles. The number of hydrogen-bond donors (Lipinski definition) is 0. The molecule has 0 aliphatic rings. The number of furan rings is 1. The van der Waals surface area contributed by atoms with E-state index in [4.69, 9.17) is 0 Å². The fraction of sp³-hybridized carbons (Fsp3) is 0. The van der Waals surface area contributed by atoms with Gasteiger partial charge in [0.2, 0.25) is 0 Å². The van der Waals surface area contributed by atoms with Crippen LogP contribution < -0.4 is 64.2 Å². The summed E-state index contributed by atoms with van der Waals surface area (Å²) in [6, 6.07) is 2.05. The normalized spacial score (nSPS) is 10.8. The Kier molecular flexibility index (Phi) is 9.01. The van der Waals surface area contributed by atoms with E-state index in [2.05, 4.69) is 4.42 Å². The van der Waals surface area contributed by atoms with Crippen LogP contribution in [0.2, 0.25) is 0 Å². The average Bonchev–Trinajstić information content (AvgIpc) is 2.33. The molecule has 5 nitrogen and oxygen atoms in total. The van der Waals surface area contributed by atoms with Gasteiger partial charge in [-0.05, 0) is 12.1 Å². The Morgan fingerprint density at radius 2 is 1.92 bits per heavy atom. The summed E-state index contributed by atoms with van der Waals surface area (Å²) in [7, 11) is 0. The van der Waals surface area contributed by atoms with Crippen LogP contribution in [0.3, 0.4) is 0 Å². The quantitative estimate of drug-likeness (QED) is 0.364. The van der Waals surface area contributed by atoms with Crippen LogP contribution in [0.15, 0.2) is 21.6 Å². The van der Waals surface area contributed by atoms with Crippen molar-refractivity contribution in [3.05, 3.63) is 17.9 Å². The molecule has 1 aromatic rings. The van der Waals surface area contributed by atoms with Crippen LogP contribution in [0.5, 0.6) is 0 Å². The molecule has 0 amide bonds. The fourth-order valence-corrected chi connectivity index (χ4v) is 0.856. The summed E-state index contributed by atoms with van der Waals surface area (Å²) in [5, 5.41) is 9.62. The van der Waals surface area contributed by atoms with Gasteiger partial charge in [0.25, 0.3) is 0 Å². The second-order valence-electron chi connectivity index (χ2n) is 1.64. The number of hydrogen-bond acceptors (Lipinski definition) is 5. The minimum atomic E-state index is -2.53. The predicted molar refractivity (Wildman–Crippen MR) is 30.2 cm³/mol. The van der Waals surface area contributed by atoms with Crippen molar-refractivity contribution in [1.29, 1.82) is 0 Å². The van der Waals surface area contributed by atoms with E-state index in [1.54, 1.807) is 0 Å². The topological polar surface area (TPSA) is 93.4 Å². The van der Waals surface area contributed by atoms with E-state index >= 15 is 0 Å². The van der Waals surface area contributed by atoms with E-state index in [-0.39, 0.29) is 59.1 Å². The molecule has 0 aliphatic heterocycles. The molecule has 13 heavy (non-hydrogen) atoms. The Morgan fingerprint density at radius 3 is 2.15 bits per heavy atom. The van der Waals surface area contributed by atoms with Gasteiger partial charge >= 0.3 is 59.1 Å². The van der Waals surface area contributed by atoms with Crippen molar-refractivity contribution < 1.29 is 82.2 Å². The second-order valence-corrected chi connectivity index (χ2v) is 2.51. The molecule has 1 heterocycles. The number of carboxylic acids is 1. The first-order valence-electron chi connectivity index (χ1n) is 2.51. The van der Waals surface area contributed by atoms with E-state index in [1.807, 2.05) is 0 Å². The Bertz CT molecular complexity index is 281. The van der Waals surface area contributed by atoms with Crippen molar-refractivity contribution in [3.63, 3.8) is 0 Å². The monoisotopic (exact) mass is 220 g/mol. The summed E-state index contributed by atoms with van der Waals surface area (Å²) in [4.78, 5) is 10.0. The van der Waals surface area contributed by atoms with E-state index in [0.29, 0.717) is 0 Å². The molecule has 8 heteroatoms. The first-order chi connectivity index (χ1) is 5.11. The Hall–Kier alpha value is 0.860. The third-order valence-corrected chi connectivity index (χ3v) is 1.49. The molecule has 0 spiro atoms.